The van der Waals surface area contributed by atoms with Crippen LogP contribution in [-0.4, -0.2) is 6.54 Å². The van der Waals surface area contributed by atoms with Gasteiger partial charge in [0.05, 0.1) is 13.2 Å². The van der Waals surface area contributed by atoms with E-state index in [2.05, 4.69) is 42.6 Å². The number of halogens is 1. The van der Waals surface area contributed by atoms with Crippen molar-refractivity contribution in [3.8, 4) is 11.1 Å². The maximum atomic E-state index is 6.16. The van der Waals surface area contributed by atoms with Gasteiger partial charge in [-0.1, -0.05) is 36.7 Å². The van der Waals surface area contributed by atoms with Crippen molar-refractivity contribution in [1.29, 1.82) is 0 Å². The van der Waals surface area contributed by atoms with Crippen molar-refractivity contribution in [2.75, 3.05) is 6.54 Å². The molecule has 1 aliphatic rings. The highest BCUT2D eigenvalue weighted by atomic mass is 35.5. The molecule has 0 aromatic heterocycles. The maximum Gasteiger partial charge on any atom is 0.0725 e. The van der Waals surface area contributed by atoms with Gasteiger partial charge in [0.15, 0.2) is 0 Å². The highest BCUT2D eigenvalue weighted by Gasteiger charge is 2.13. The van der Waals surface area contributed by atoms with Gasteiger partial charge < -0.3 is 10.1 Å². The van der Waals surface area contributed by atoms with Crippen molar-refractivity contribution in [1.82, 2.24) is 5.32 Å². The van der Waals surface area contributed by atoms with Gasteiger partial charge >= 0.3 is 0 Å². The van der Waals surface area contributed by atoms with E-state index < -0.39 is 0 Å². The maximum absolute atomic E-state index is 6.16. The monoisotopic (exact) mass is 301 g/mol. The minimum atomic E-state index is 0.722. The summed E-state index contributed by atoms with van der Waals surface area (Å²) >= 11 is 6.16. The molecule has 0 unspecified atom stereocenters. The van der Waals surface area contributed by atoms with Crippen LogP contribution in [0.2, 0.25) is 5.02 Å². The number of fused-ring (bicyclic) bond motifs is 1. The van der Waals surface area contributed by atoms with Gasteiger partial charge in [-0.15, -0.1) is 0 Å². The lowest BCUT2D eigenvalue weighted by Crippen LogP contribution is -2.14. The molecular weight excluding hydrogens is 282 g/mol. The van der Waals surface area contributed by atoms with Gasteiger partial charge in [0.1, 0.15) is 0 Å². The van der Waals surface area contributed by atoms with E-state index in [1.54, 1.807) is 0 Å². The number of rotatable bonds is 5. The fourth-order valence-corrected chi connectivity index (χ4v) is 2.92. The summed E-state index contributed by atoms with van der Waals surface area (Å²) in [5.74, 6) is 0. The summed E-state index contributed by atoms with van der Waals surface area (Å²) in [6.45, 7) is 5.50. The number of ether oxygens (including phenoxy) is 1. The van der Waals surface area contributed by atoms with Crippen molar-refractivity contribution in [3.05, 3.63) is 58.1 Å². The van der Waals surface area contributed by atoms with Gasteiger partial charge in [-0.05, 0) is 59.0 Å². The van der Waals surface area contributed by atoms with Crippen LogP contribution in [-0.2, 0) is 24.5 Å². The summed E-state index contributed by atoms with van der Waals surface area (Å²) in [5.41, 5.74) is 6.34. The zero-order valence-electron chi connectivity index (χ0n) is 12.3. The van der Waals surface area contributed by atoms with Crippen LogP contribution in [0.15, 0.2) is 36.4 Å². The van der Waals surface area contributed by atoms with E-state index in [-0.39, 0.29) is 0 Å². The van der Waals surface area contributed by atoms with Crippen molar-refractivity contribution >= 4 is 11.6 Å². The van der Waals surface area contributed by atoms with Crippen LogP contribution in [0, 0.1) is 0 Å². The molecule has 0 bridgehead atoms. The van der Waals surface area contributed by atoms with E-state index in [1.165, 1.54) is 27.8 Å². The first-order chi connectivity index (χ1) is 10.3. The van der Waals surface area contributed by atoms with Gasteiger partial charge in [-0.2, -0.15) is 0 Å². The van der Waals surface area contributed by atoms with Crippen molar-refractivity contribution in [3.63, 3.8) is 0 Å². The molecule has 0 saturated carbocycles. The van der Waals surface area contributed by atoms with Crippen LogP contribution < -0.4 is 5.32 Å². The predicted molar refractivity (Wildman–Crippen MR) is 87.4 cm³/mol. The summed E-state index contributed by atoms with van der Waals surface area (Å²) in [7, 11) is 0. The Hall–Kier alpha value is -1.35. The Labute approximate surface area is 131 Å². The molecule has 3 heteroatoms. The Morgan fingerprint density at radius 3 is 2.81 bits per heavy atom. The second-order valence-corrected chi connectivity index (χ2v) is 5.89. The van der Waals surface area contributed by atoms with E-state index in [9.17, 15) is 0 Å². The third kappa shape index (κ3) is 3.29. The lowest BCUT2D eigenvalue weighted by Gasteiger charge is -2.12. The smallest absolute Gasteiger partial charge is 0.0725 e. The molecule has 1 N–H and O–H groups in total. The van der Waals surface area contributed by atoms with E-state index in [0.717, 1.165) is 37.7 Å². The number of hydrogen-bond donors (Lipinski definition) is 1. The first-order valence-electron chi connectivity index (χ1n) is 7.47. The van der Waals surface area contributed by atoms with E-state index in [0.29, 0.717) is 0 Å². The third-order valence-electron chi connectivity index (χ3n) is 3.84. The Morgan fingerprint density at radius 2 is 1.95 bits per heavy atom. The fourth-order valence-electron chi connectivity index (χ4n) is 2.73. The van der Waals surface area contributed by atoms with Gasteiger partial charge in [0.2, 0.25) is 0 Å². The molecule has 110 valence electrons. The molecule has 21 heavy (non-hydrogen) atoms. The third-order valence-corrected chi connectivity index (χ3v) is 4.08. The number of benzene rings is 2. The Bertz CT molecular complexity index is 639. The van der Waals surface area contributed by atoms with Crippen LogP contribution in [0.5, 0.6) is 0 Å². The molecular formula is C18H20ClNO. The summed E-state index contributed by atoms with van der Waals surface area (Å²) in [6.07, 6.45) is 1.13. The summed E-state index contributed by atoms with van der Waals surface area (Å²) in [5, 5.41) is 4.25. The molecule has 0 spiro atoms. The van der Waals surface area contributed by atoms with E-state index in [4.69, 9.17) is 16.3 Å². The van der Waals surface area contributed by atoms with Crippen LogP contribution in [0.4, 0.5) is 0 Å². The van der Waals surface area contributed by atoms with Gasteiger partial charge in [0.25, 0.3) is 0 Å². The number of nitrogens with one attached hydrogen (secondary N) is 1. The lowest BCUT2D eigenvalue weighted by molar-refractivity contribution is 0.134. The van der Waals surface area contributed by atoms with Crippen molar-refractivity contribution < 1.29 is 4.74 Å². The van der Waals surface area contributed by atoms with Gasteiger partial charge in [0, 0.05) is 11.6 Å². The molecule has 1 aliphatic heterocycles. The molecule has 0 aliphatic carbocycles. The highest BCUT2D eigenvalue weighted by molar-refractivity contribution is 6.30. The Kier molecular flexibility index (Phi) is 4.59. The quantitative estimate of drug-likeness (QED) is 0.819. The molecule has 0 amide bonds. The molecule has 0 radical (unpaired) electrons. The predicted octanol–water partition coefficient (Wildman–Crippen LogP) is 4.54. The molecule has 1 heterocycles. The first-order valence-corrected chi connectivity index (χ1v) is 7.85. The van der Waals surface area contributed by atoms with E-state index in [1.807, 2.05) is 6.07 Å². The summed E-state index contributed by atoms with van der Waals surface area (Å²) in [6, 6.07) is 12.7. The molecule has 0 saturated heterocycles. The Balaban J connectivity index is 1.93. The largest absolute Gasteiger partial charge is 0.372 e. The Morgan fingerprint density at radius 1 is 1.10 bits per heavy atom. The molecule has 0 fully saturated rings. The zero-order valence-corrected chi connectivity index (χ0v) is 13.0. The first kappa shape index (κ1) is 14.6. The van der Waals surface area contributed by atoms with Crippen LogP contribution in [0.3, 0.4) is 0 Å². The lowest BCUT2D eigenvalue weighted by atomic mass is 9.96. The van der Waals surface area contributed by atoms with Crippen LogP contribution in [0.25, 0.3) is 11.1 Å². The minimum Gasteiger partial charge on any atom is -0.372 e. The molecule has 2 aromatic carbocycles. The van der Waals surface area contributed by atoms with Gasteiger partial charge in [-0.3, -0.25) is 0 Å². The van der Waals surface area contributed by atoms with Crippen LogP contribution in [0.1, 0.15) is 30.0 Å². The minimum absolute atomic E-state index is 0.722. The summed E-state index contributed by atoms with van der Waals surface area (Å²) < 4.78 is 5.50. The fraction of sp³-hybridized carbons (Fsp3) is 0.333. The summed E-state index contributed by atoms with van der Waals surface area (Å²) in [4.78, 5) is 0. The highest BCUT2D eigenvalue weighted by Crippen LogP contribution is 2.30. The molecule has 2 aromatic rings. The van der Waals surface area contributed by atoms with Crippen molar-refractivity contribution in [2.45, 2.75) is 33.1 Å². The SMILES string of the molecule is CCCNCc1cc(Cl)ccc1-c1ccc2c(c1)COC2. The zero-order chi connectivity index (χ0) is 14.7. The molecule has 0 atom stereocenters. The second kappa shape index (κ2) is 6.61. The average Bonchev–Trinajstić information content (AvgIpc) is 2.95. The standard InChI is InChI=1S/C18H20ClNO/c1-2-7-20-10-15-9-17(19)5-6-18(15)13-3-4-14-11-21-12-16(14)8-13/h3-6,8-9,20H,2,7,10-12H2,1H3. The molecule has 3 rings (SSSR count). The van der Waals surface area contributed by atoms with Gasteiger partial charge in [-0.25, -0.2) is 0 Å². The topological polar surface area (TPSA) is 21.3 Å². The number of hydrogen-bond acceptors (Lipinski definition) is 2. The van der Waals surface area contributed by atoms with Crippen molar-refractivity contribution in [2.24, 2.45) is 0 Å². The van der Waals surface area contributed by atoms with E-state index >= 15 is 0 Å². The van der Waals surface area contributed by atoms with Crippen LogP contribution >= 0.6 is 11.6 Å². The second-order valence-electron chi connectivity index (χ2n) is 5.45. The molecule has 2 nitrogen and oxygen atoms in total. The average molecular weight is 302 g/mol. The normalized spacial score (nSPS) is 13.4.